The summed E-state index contributed by atoms with van der Waals surface area (Å²) >= 11 is 6.33. The predicted octanol–water partition coefficient (Wildman–Crippen LogP) is 6.00. The van der Waals surface area contributed by atoms with E-state index in [0.29, 0.717) is 57.4 Å². The van der Waals surface area contributed by atoms with Crippen molar-refractivity contribution in [2.24, 2.45) is 11.8 Å². The van der Waals surface area contributed by atoms with Crippen molar-refractivity contribution in [3.8, 4) is 22.8 Å². The van der Waals surface area contributed by atoms with Crippen LogP contribution in [0.3, 0.4) is 0 Å². The van der Waals surface area contributed by atoms with Gasteiger partial charge in [0.25, 0.3) is 0 Å². The highest BCUT2D eigenvalue weighted by Crippen LogP contribution is 2.37. The van der Waals surface area contributed by atoms with E-state index in [1.54, 1.807) is 36.8 Å². The first-order valence-electron chi connectivity index (χ1n) is 13.1. The molecular formula is C28H27ClFN7O2. The Labute approximate surface area is 228 Å². The van der Waals surface area contributed by atoms with Crippen LogP contribution in [0.5, 0.6) is 0 Å². The van der Waals surface area contributed by atoms with E-state index < -0.39 is 11.7 Å². The quantitative estimate of drug-likeness (QED) is 0.277. The molecule has 0 aromatic carbocycles. The van der Waals surface area contributed by atoms with Gasteiger partial charge in [-0.1, -0.05) is 36.5 Å². The van der Waals surface area contributed by atoms with Gasteiger partial charge in [-0.15, -0.1) is 0 Å². The van der Waals surface area contributed by atoms with Crippen LogP contribution in [0.25, 0.3) is 33.8 Å². The van der Waals surface area contributed by atoms with Crippen molar-refractivity contribution in [3.63, 3.8) is 0 Å². The fourth-order valence-electron chi connectivity index (χ4n) is 5.50. The van der Waals surface area contributed by atoms with Crippen LogP contribution in [0.4, 0.5) is 4.39 Å². The Morgan fingerprint density at radius 2 is 2.03 bits per heavy atom. The second-order valence-corrected chi connectivity index (χ2v) is 10.8. The van der Waals surface area contributed by atoms with E-state index in [0.717, 1.165) is 18.4 Å². The number of nitrogens with zero attached hydrogens (tertiary/aromatic N) is 6. The molecule has 0 saturated heterocycles. The van der Waals surface area contributed by atoms with Gasteiger partial charge in [-0.3, -0.25) is 19.5 Å². The fourth-order valence-corrected chi connectivity index (χ4v) is 5.68. The molecule has 1 aliphatic rings. The molecule has 1 N–H and O–H groups in total. The molecule has 6 rings (SSSR count). The lowest BCUT2D eigenvalue weighted by Crippen LogP contribution is -2.20. The summed E-state index contributed by atoms with van der Waals surface area (Å²) in [5.41, 5.74) is 3.38. The standard InChI is InChI=1S/C28H27ClFN7O2/c1-15-5-7-17(8-6-15)14-37-25-21(34-27(37)16(2)23-20(30)4-3-9-32-23)11-22(26-35-28(38)39-36-26)33-24(25)18-10-19(29)13-31-12-18/h3-4,9-13,15-17H,5-8,14H2,1-2H3,(H,35,36,38)/t15-,16?,17-. The Bertz CT molecular complexity index is 1700. The van der Waals surface area contributed by atoms with Gasteiger partial charge in [0, 0.05) is 30.7 Å². The lowest BCUT2D eigenvalue weighted by molar-refractivity contribution is 0.264. The molecule has 9 nitrogen and oxygen atoms in total. The van der Waals surface area contributed by atoms with Gasteiger partial charge in [-0.05, 0) is 55.9 Å². The molecule has 0 amide bonds. The molecule has 39 heavy (non-hydrogen) atoms. The number of hydrogen-bond donors (Lipinski definition) is 1. The summed E-state index contributed by atoms with van der Waals surface area (Å²) in [5, 5.41) is 4.29. The van der Waals surface area contributed by atoms with Crippen molar-refractivity contribution < 1.29 is 8.91 Å². The summed E-state index contributed by atoms with van der Waals surface area (Å²) in [7, 11) is 0. The Balaban J connectivity index is 1.60. The molecule has 5 aromatic heterocycles. The Hall–Kier alpha value is -3.92. The Kier molecular flexibility index (Phi) is 6.72. The first kappa shape index (κ1) is 25.4. The molecule has 0 aliphatic heterocycles. The average Bonchev–Trinajstić information content (AvgIpc) is 3.53. The number of nitrogens with one attached hydrogen (secondary N) is 1. The monoisotopic (exact) mass is 547 g/mol. The highest BCUT2D eigenvalue weighted by Gasteiger charge is 2.28. The number of fused-ring (bicyclic) bond motifs is 1. The SMILES string of the molecule is CC(c1ncccc1F)c1nc2cc(-c3noc(=O)[nH]3)nc(-c3cncc(Cl)c3)c2n1C[C@H]1CC[C@H](C)CC1. The first-order chi connectivity index (χ1) is 18.9. The van der Waals surface area contributed by atoms with Crippen LogP contribution >= 0.6 is 11.6 Å². The van der Waals surface area contributed by atoms with Crippen molar-refractivity contribution >= 4 is 22.6 Å². The number of hydrogen-bond acceptors (Lipinski definition) is 7. The molecule has 0 radical (unpaired) electrons. The molecule has 1 aliphatic carbocycles. The minimum absolute atomic E-state index is 0.180. The lowest BCUT2D eigenvalue weighted by Gasteiger charge is -2.28. The third-order valence-electron chi connectivity index (χ3n) is 7.58. The van der Waals surface area contributed by atoms with E-state index in [-0.39, 0.29) is 11.6 Å². The smallest absolute Gasteiger partial charge is 0.325 e. The molecule has 0 bridgehead atoms. The van der Waals surface area contributed by atoms with E-state index in [1.165, 1.54) is 18.9 Å². The van der Waals surface area contributed by atoms with Crippen LogP contribution in [0.1, 0.15) is 57.0 Å². The predicted molar refractivity (Wildman–Crippen MR) is 145 cm³/mol. The number of imidazole rings is 1. The highest BCUT2D eigenvalue weighted by atomic mass is 35.5. The zero-order valence-electron chi connectivity index (χ0n) is 21.6. The number of rotatable bonds is 6. The number of pyridine rings is 3. The summed E-state index contributed by atoms with van der Waals surface area (Å²) in [6.45, 7) is 4.92. The van der Waals surface area contributed by atoms with Gasteiger partial charge in [0.15, 0.2) is 0 Å². The first-order valence-corrected chi connectivity index (χ1v) is 13.4. The molecular weight excluding hydrogens is 521 g/mol. The fraction of sp³-hybridized carbons (Fsp3) is 0.357. The summed E-state index contributed by atoms with van der Waals surface area (Å²) in [5.74, 6) is 0.521. The van der Waals surface area contributed by atoms with Crippen molar-refractivity contribution in [2.75, 3.05) is 0 Å². The largest absolute Gasteiger partial charge is 0.439 e. The second kappa shape index (κ2) is 10.3. The van der Waals surface area contributed by atoms with Gasteiger partial charge in [-0.2, -0.15) is 0 Å². The molecule has 5 heterocycles. The molecule has 11 heteroatoms. The molecule has 5 aromatic rings. The molecule has 1 unspecified atom stereocenters. The molecule has 0 spiro atoms. The van der Waals surface area contributed by atoms with Crippen molar-refractivity contribution in [2.45, 2.75) is 52.0 Å². The van der Waals surface area contributed by atoms with Gasteiger partial charge >= 0.3 is 5.76 Å². The zero-order chi connectivity index (χ0) is 27.1. The summed E-state index contributed by atoms with van der Waals surface area (Å²) in [4.78, 5) is 32.8. The van der Waals surface area contributed by atoms with E-state index in [9.17, 15) is 9.18 Å². The van der Waals surface area contributed by atoms with Crippen LogP contribution in [0.15, 0.2) is 52.2 Å². The number of aromatic nitrogens is 7. The maximum Gasteiger partial charge on any atom is 0.439 e. The molecule has 1 atom stereocenters. The average molecular weight is 548 g/mol. The van der Waals surface area contributed by atoms with E-state index in [1.807, 2.05) is 6.92 Å². The van der Waals surface area contributed by atoms with Crippen LogP contribution in [-0.4, -0.2) is 34.6 Å². The molecule has 1 saturated carbocycles. The third kappa shape index (κ3) is 4.96. The normalized spacial score (nSPS) is 18.5. The van der Waals surface area contributed by atoms with Crippen molar-refractivity contribution in [1.29, 1.82) is 0 Å². The summed E-state index contributed by atoms with van der Waals surface area (Å²) in [6, 6.07) is 6.54. The minimum Gasteiger partial charge on any atom is -0.325 e. The van der Waals surface area contributed by atoms with Crippen LogP contribution in [-0.2, 0) is 6.54 Å². The van der Waals surface area contributed by atoms with Gasteiger partial charge in [-0.25, -0.2) is 19.2 Å². The highest BCUT2D eigenvalue weighted by molar-refractivity contribution is 6.30. The van der Waals surface area contributed by atoms with Crippen LogP contribution < -0.4 is 5.76 Å². The number of halogens is 2. The van der Waals surface area contributed by atoms with E-state index >= 15 is 0 Å². The van der Waals surface area contributed by atoms with Crippen LogP contribution in [0, 0.1) is 17.7 Å². The number of aromatic amines is 1. The molecule has 200 valence electrons. The number of H-pyrrole nitrogens is 1. The lowest BCUT2D eigenvalue weighted by atomic mass is 9.83. The van der Waals surface area contributed by atoms with Crippen molar-refractivity contribution in [3.05, 3.63) is 75.8 Å². The van der Waals surface area contributed by atoms with E-state index in [4.69, 9.17) is 26.1 Å². The molecule has 1 fully saturated rings. The maximum absolute atomic E-state index is 14.9. The van der Waals surface area contributed by atoms with Crippen molar-refractivity contribution in [1.82, 2.24) is 34.6 Å². The summed E-state index contributed by atoms with van der Waals surface area (Å²) < 4.78 is 21.8. The Morgan fingerprint density at radius 1 is 1.21 bits per heavy atom. The zero-order valence-corrected chi connectivity index (χ0v) is 22.3. The minimum atomic E-state index is -0.685. The van der Waals surface area contributed by atoms with E-state index in [2.05, 4.69) is 31.6 Å². The summed E-state index contributed by atoms with van der Waals surface area (Å²) in [6.07, 6.45) is 9.38. The Morgan fingerprint density at radius 3 is 2.74 bits per heavy atom. The topological polar surface area (TPSA) is 115 Å². The van der Waals surface area contributed by atoms with Gasteiger partial charge in [0.1, 0.15) is 17.3 Å². The van der Waals surface area contributed by atoms with Gasteiger partial charge in [0.2, 0.25) is 5.82 Å². The van der Waals surface area contributed by atoms with Gasteiger partial charge in [0.05, 0.1) is 33.4 Å². The van der Waals surface area contributed by atoms with Gasteiger partial charge < -0.3 is 4.57 Å². The van der Waals surface area contributed by atoms with Crippen LogP contribution in [0.2, 0.25) is 5.02 Å². The third-order valence-corrected chi connectivity index (χ3v) is 7.78. The maximum atomic E-state index is 14.9. The second-order valence-electron chi connectivity index (χ2n) is 10.4.